The number of benzene rings is 2. The fourth-order valence-electron chi connectivity index (χ4n) is 4.18. The van der Waals surface area contributed by atoms with E-state index in [0.29, 0.717) is 17.0 Å². The third kappa shape index (κ3) is 3.21. The van der Waals surface area contributed by atoms with Gasteiger partial charge in [0.25, 0.3) is 0 Å². The summed E-state index contributed by atoms with van der Waals surface area (Å²) in [5.41, 5.74) is 6.76. The predicted octanol–water partition coefficient (Wildman–Crippen LogP) is 4.78. The Hall–Kier alpha value is -2.99. The molecule has 0 radical (unpaired) electrons. The van der Waals surface area contributed by atoms with Gasteiger partial charge in [-0.1, -0.05) is 48.0 Å². The van der Waals surface area contributed by atoms with E-state index in [2.05, 4.69) is 14.5 Å². The van der Waals surface area contributed by atoms with Gasteiger partial charge in [-0.2, -0.15) is 0 Å². The average Bonchev–Trinajstić information content (AvgIpc) is 3.36. The molecule has 0 aliphatic carbocycles. The van der Waals surface area contributed by atoms with E-state index in [1.54, 1.807) is 12.5 Å². The molecular weight excluding hydrogens is 398 g/mol. The fraction of sp³-hybridized carbons (Fsp3) is 0.167. The summed E-state index contributed by atoms with van der Waals surface area (Å²) in [6.07, 6.45) is 7.03. The Balaban J connectivity index is 1.41. The fourth-order valence-corrected chi connectivity index (χ4v) is 4.49. The molecule has 30 heavy (non-hydrogen) atoms. The third-order valence-electron chi connectivity index (χ3n) is 5.77. The van der Waals surface area contributed by atoms with Crippen molar-refractivity contribution < 1.29 is 10.2 Å². The maximum Gasteiger partial charge on any atom is 0.0956 e. The summed E-state index contributed by atoms with van der Waals surface area (Å²) in [6, 6.07) is 15.4. The first-order valence-electron chi connectivity index (χ1n) is 9.79. The molecule has 150 valence electrons. The first kappa shape index (κ1) is 19.0. The standard InChI is InChI=1S/C24H20ClN3O2/c25-21-9-17(16-3-1-15(13-29)2-4-16)5-6-19(21)24(30)10-22-18-7-8-26-11-20(18)23-12-27-14-28(22)23/h1-9,11-12,14,22,24,29-30H,10,13H2. The number of imidazole rings is 1. The SMILES string of the molecule is OCc1ccc(-c2ccc(C(O)CC3c4ccncc4-c4cncn43)c(Cl)c2)cc1. The number of hydrogen-bond acceptors (Lipinski definition) is 4. The number of nitrogens with zero attached hydrogens (tertiary/aromatic N) is 3. The van der Waals surface area contributed by atoms with Crippen molar-refractivity contribution in [1.29, 1.82) is 0 Å². The van der Waals surface area contributed by atoms with Crippen molar-refractivity contribution in [3.05, 3.63) is 95.2 Å². The van der Waals surface area contributed by atoms with Crippen LogP contribution in [0.4, 0.5) is 0 Å². The zero-order valence-corrected chi connectivity index (χ0v) is 16.9. The van der Waals surface area contributed by atoms with Crippen molar-refractivity contribution in [1.82, 2.24) is 14.5 Å². The average molecular weight is 418 g/mol. The summed E-state index contributed by atoms with van der Waals surface area (Å²) in [7, 11) is 0. The van der Waals surface area contributed by atoms with Crippen LogP contribution in [0.3, 0.4) is 0 Å². The normalized spacial score (nSPS) is 15.6. The van der Waals surface area contributed by atoms with Crippen molar-refractivity contribution in [2.45, 2.75) is 25.2 Å². The minimum Gasteiger partial charge on any atom is -0.392 e. The molecule has 4 aromatic rings. The van der Waals surface area contributed by atoms with Crippen molar-refractivity contribution >= 4 is 11.6 Å². The molecule has 0 saturated heterocycles. The second-order valence-electron chi connectivity index (χ2n) is 7.51. The van der Waals surface area contributed by atoms with Gasteiger partial charge in [0, 0.05) is 29.4 Å². The molecule has 3 heterocycles. The van der Waals surface area contributed by atoms with Crippen LogP contribution in [0.25, 0.3) is 22.4 Å². The largest absolute Gasteiger partial charge is 0.392 e. The van der Waals surface area contributed by atoms with Gasteiger partial charge in [0.1, 0.15) is 0 Å². The van der Waals surface area contributed by atoms with E-state index in [4.69, 9.17) is 11.6 Å². The molecule has 0 saturated carbocycles. The van der Waals surface area contributed by atoms with Crippen molar-refractivity contribution in [3.8, 4) is 22.4 Å². The van der Waals surface area contributed by atoms with Gasteiger partial charge >= 0.3 is 0 Å². The summed E-state index contributed by atoms with van der Waals surface area (Å²) in [5.74, 6) is 0. The number of aliphatic hydroxyl groups is 2. The van der Waals surface area contributed by atoms with Crippen molar-refractivity contribution in [2.24, 2.45) is 0 Å². The smallest absolute Gasteiger partial charge is 0.0956 e. The second kappa shape index (κ2) is 7.69. The van der Waals surface area contributed by atoms with Gasteiger partial charge in [0.05, 0.1) is 37.0 Å². The number of rotatable bonds is 5. The molecule has 2 aromatic carbocycles. The van der Waals surface area contributed by atoms with E-state index >= 15 is 0 Å². The van der Waals surface area contributed by atoms with Gasteiger partial charge in [-0.3, -0.25) is 4.98 Å². The Kier molecular flexibility index (Phi) is 4.87. The Bertz CT molecular complexity index is 1200. The Morgan fingerprint density at radius 3 is 2.57 bits per heavy atom. The van der Waals surface area contributed by atoms with Crippen LogP contribution >= 0.6 is 11.6 Å². The summed E-state index contributed by atoms with van der Waals surface area (Å²) in [4.78, 5) is 8.49. The van der Waals surface area contributed by atoms with E-state index in [1.807, 2.05) is 60.9 Å². The molecule has 1 aliphatic heterocycles. The van der Waals surface area contributed by atoms with Crippen LogP contribution < -0.4 is 0 Å². The molecule has 0 bridgehead atoms. The maximum absolute atomic E-state index is 11.0. The lowest BCUT2D eigenvalue weighted by molar-refractivity contribution is 0.154. The third-order valence-corrected chi connectivity index (χ3v) is 6.09. The summed E-state index contributed by atoms with van der Waals surface area (Å²) >= 11 is 6.57. The number of fused-ring (bicyclic) bond motifs is 3. The van der Waals surface area contributed by atoms with E-state index in [1.165, 1.54) is 0 Å². The van der Waals surface area contributed by atoms with Crippen LogP contribution in [-0.2, 0) is 6.61 Å². The van der Waals surface area contributed by atoms with Crippen LogP contribution in [0.1, 0.15) is 35.3 Å². The minimum absolute atomic E-state index is 0.0164. The van der Waals surface area contributed by atoms with E-state index in [0.717, 1.165) is 33.5 Å². The summed E-state index contributed by atoms with van der Waals surface area (Å²) < 4.78 is 2.08. The Labute approximate surface area is 179 Å². The monoisotopic (exact) mass is 417 g/mol. The van der Waals surface area contributed by atoms with Gasteiger partial charge in [0.2, 0.25) is 0 Å². The van der Waals surface area contributed by atoms with Gasteiger partial charge in [-0.15, -0.1) is 0 Å². The van der Waals surface area contributed by atoms with Crippen LogP contribution in [-0.4, -0.2) is 24.7 Å². The van der Waals surface area contributed by atoms with Crippen LogP contribution in [0.2, 0.25) is 5.02 Å². The highest BCUT2D eigenvalue weighted by molar-refractivity contribution is 6.31. The minimum atomic E-state index is -0.720. The van der Waals surface area contributed by atoms with E-state index in [-0.39, 0.29) is 12.6 Å². The van der Waals surface area contributed by atoms with Gasteiger partial charge in [-0.05, 0) is 39.9 Å². The lowest BCUT2D eigenvalue weighted by Gasteiger charge is -2.20. The quantitative estimate of drug-likeness (QED) is 0.490. The molecule has 2 N–H and O–H groups in total. The molecule has 0 fully saturated rings. The van der Waals surface area contributed by atoms with Gasteiger partial charge in [-0.25, -0.2) is 4.98 Å². The first-order chi connectivity index (χ1) is 14.7. The van der Waals surface area contributed by atoms with E-state index < -0.39 is 6.10 Å². The molecule has 0 amide bonds. The maximum atomic E-state index is 11.0. The molecule has 1 aliphatic rings. The zero-order chi connectivity index (χ0) is 20.7. The molecule has 0 spiro atoms. The summed E-state index contributed by atoms with van der Waals surface area (Å²) in [6.45, 7) is 0.0190. The second-order valence-corrected chi connectivity index (χ2v) is 7.91. The summed E-state index contributed by atoms with van der Waals surface area (Å²) in [5, 5.41) is 20.8. The molecule has 2 aromatic heterocycles. The van der Waals surface area contributed by atoms with Crippen LogP contribution in [0, 0.1) is 0 Å². The number of aliphatic hydroxyl groups excluding tert-OH is 2. The first-order valence-corrected chi connectivity index (χ1v) is 10.2. The van der Waals surface area contributed by atoms with Crippen molar-refractivity contribution in [3.63, 3.8) is 0 Å². The highest BCUT2D eigenvalue weighted by Crippen LogP contribution is 2.43. The van der Waals surface area contributed by atoms with Crippen LogP contribution in [0.5, 0.6) is 0 Å². The number of hydrogen-bond donors (Lipinski definition) is 2. The van der Waals surface area contributed by atoms with Gasteiger partial charge < -0.3 is 14.8 Å². The van der Waals surface area contributed by atoms with Crippen LogP contribution in [0.15, 0.2) is 73.4 Å². The topological polar surface area (TPSA) is 71.2 Å². The molecular formula is C24H20ClN3O2. The number of pyridine rings is 1. The lowest BCUT2D eigenvalue weighted by atomic mass is 9.95. The molecule has 2 atom stereocenters. The highest BCUT2D eigenvalue weighted by Gasteiger charge is 2.30. The number of halogens is 1. The zero-order valence-electron chi connectivity index (χ0n) is 16.1. The molecule has 5 rings (SSSR count). The Morgan fingerprint density at radius 1 is 1.00 bits per heavy atom. The van der Waals surface area contributed by atoms with Crippen molar-refractivity contribution in [2.75, 3.05) is 0 Å². The lowest BCUT2D eigenvalue weighted by Crippen LogP contribution is -2.11. The van der Waals surface area contributed by atoms with Gasteiger partial charge in [0.15, 0.2) is 0 Å². The molecule has 2 unspecified atom stereocenters. The van der Waals surface area contributed by atoms with E-state index in [9.17, 15) is 10.2 Å². The predicted molar refractivity (Wildman–Crippen MR) is 116 cm³/mol. The highest BCUT2D eigenvalue weighted by atomic mass is 35.5. The molecule has 5 nitrogen and oxygen atoms in total. The Morgan fingerprint density at radius 2 is 1.80 bits per heavy atom. The molecule has 6 heteroatoms. The number of aromatic nitrogens is 3.